The highest BCUT2D eigenvalue weighted by Gasteiger charge is 2.24. The number of phenols is 1. The molecule has 1 aliphatic carbocycles. The van der Waals surface area contributed by atoms with Crippen molar-refractivity contribution >= 4 is 16.7 Å². The number of rotatable bonds is 3. The number of aromatic hydroxyl groups is 1. The summed E-state index contributed by atoms with van der Waals surface area (Å²) in [6, 6.07) is 11.2. The molecule has 2 atom stereocenters. The zero-order valence-electron chi connectivity index (χ0n) is 11.9. The molecular formula is C17H20N2O2. The summed E-state index contributed by atoms with van der Waals surface area (Å²) in [7, 11) is 0. The molecule has 2 aromatic carbocycles. The summed E-state index contributed by atoms with van der Waals surface area (Å²) < 4.78 is 0. The zero-order chi connectivity index (χ0) is 14.8. The Balaban J connectivity index is 1.77. The number of benzene rings is 2. The van der Waals surface area contributed by atoms with Gasteiger partial charge in [-0.05, 0) is 30.2 Å². The molecule has 0 aromatic heterocycles. The molecule has 0 saturated heterocycles. The molecule has 4 N–H and O–H groups in total. The third kappa shape index (κ3) is 2.72. The quantitative estimate of drug-likeness (QED) is 0.810. The van der Waals surface area contributed by atoms with Gasteiger partial charge in [0.15, 0.2) is 0 Å². The van der Waals surface area contributed by atoms with Crippen LogP contribution in [0.15, 0.2) is 36.4 Å². The minimum Gasteiger partial charge on any atom is -0.506 e. The number of carbonyl (C=O) groups is 1. The second kappa shape index (κ2) is 5.74. The van der Waals surface area contributed by atoms with Gasteiger partial charge in [0.2, 0.25) is 0 Å². The third-order valence-electron chi connectivity index (χ3n) is 4.39. The molecule has 0 aliphatic heterocycles. The summed E-state index contributed by atoms with van der Waals surface area (Å²) >= 11 is 0. The molecule has 2 unspecified atom stereocenters. The van der Waals surface area contributed by atoms with E-state index in [0.717, 1.165) is 24.6 Å². The highest BCUT2D eigenvalue weighted by atomic mass is 16.3. The first kappa shape index (κ1) is 13.9. The number of hydrogen-bond acceptors (Lipinski definition) is 3. The molecule has 1 fully saturated rings. The van der Waals surface area contributed by atoms with E-state index in [4.69, 9.17) is 5.73 Å². The molecule has 1 amide bonds. The van der Waals surface area contributed by atoms with Gasteiger partial charge in [0.05, 0.1) is 5.56 Å². The monoisotopic (exact) mass is 284 g/mol. The molecule has 4 heteroatoms. The minimum atomic E-state index is -0.239. The average Bonchev–Trinajstić information content (AvgIpc) is 2.91. The molecule has 1 saturated carbocycles. The summed E-state index contributed by atoms with van der Waals surface area (Å²) in [5.41, 5.74) is 6.33. The van der Waals surface area contributed by atoms with E-state index in [9.17, 15) is 9.90 Å². The first-order chi connectivity index (χ1) is 10.2. The number of nitrogens with two attached hydrogens (primary N) is 1. The fourth-order valence-corrected chi connectivity index (χ4v) is 3.08. The van der Waals surface area contributed by atoms with Gasteiger partial charge in [-0.3, -0.25) is 4.79 Å². The van der Waals surface area contributed by atoms with Crippen molar-refractivity contribution in [3.63, 3.8) is 0 Å². The van der Waals surface area contributed by atoms with Crippen LogP contribution in [0.25, 0.3) is 10.8 Å². The molecule has 0 heterocycles. The van der Waals surface area contributed by atoms with E-state index in [-0.39, 0.29) is 17.7 Å². The number of carbonyl (C=O) groups excluding carboxylic acids is 1. The van der Waals surface area contributed by atoms with E-state index in [0.29, 0.717) is 23.4 Å². The molecule has 0 radical (unpaired) electrons. The Bertz CT molecular complexity index is 669. The van der Waals surface area contributed by atoms with Crippen LogP contribution in [0.5, 0.6) is 5.75 Å². The molecular weight excluding hydrogens is 264 g/mol. The van der Waals surface area contributed by atoms with Crippen LogP contribution in [0.4, 0.5) is 0 Å². The first-order valence-electron chi connectivity index (χ1n) is 7.41. The van der Waals surface area contributed by atoms with E-state index < -0.39 is 0 Å². The van der Waals surface area contributed by atoms with Crippen LogP contribution < -0.4 is 11.1 Å². The number of hydrogen-bond donors (Lipinski definition) is 3. The topological polar surface area (TPSA) is 75.3 Å². The molecule has 0 bridgehead atoms. The lowest BCUT2D eigenvalue weighted by atomic mass is 10.0. The molecule has 4 nitrogen and oxygen atoms in total. The van der Waals surface area contributed by atoms with Crippen LogP contribution in [-0.2, 0) is 0 Å². The molecule has 2 aromatic rings. The number of nitrogens with one attached hydrogen (secondary N) is 1. The van der Waals surface area contributed by atoms with E-state index in [2.05, 4.69) is 5.32 Å². The Kier molecular flexibility index (Phi) is 3.80. The van der Waals surface area contributed by atoms with Gasteiger partial charge in [-0.1, -0.05) is 36.8 Å². The van der Waals surface area contributed by atoms with Gasteiger partial charge in [-0.25, -0.2) is 0 Å². The van der Waals surface area contributed by atoms with E-state index in [1.165, 1.54) is 0 Å². The molecule has 21 heavy (non-hydrogen) atoms. The fraction of sp³-hybridized carbons (Fsp3) is 0.353. The van der Waals surface area contributed by atoms with Gasteiger partial charge in [0.1, 0.15) is 5.75 Å². The van der Waals surface area contributed by atoms with Crippen molar-refractivity contribution in [3.05, 3.63) is 42.0 Å². The van der Waals surface area contributed by atoms with Crippen molar-refractivity contribution in [2.45, 2.75) is 25.3 Å². The Morgan fingerprint density at radius 3 is 2.81 bits per heavy atom. The summed E-state index contributed by atoms with van der Waals surface area (Å²) in [5.74, 6) is 0.148. The standard InChI is InChI=1S/C17H20N2O2/c18-15-7-3-5-12(15)10-19-17(21)14-9-8-11-4-1-2-6-13(11)16(14)20/h1-2,4,6,8-9,12,15,20H,3,5,7,10,18H2,(H,19,21). The van der Waals surface area contributed by atoms with Gasteiger partial charge in [-0.15, -0.1) is 0 Å². The van der Waals surface area contributed by atoms with Gasteiger partial charge >= 0.3 is 0 Å². The Labute approximate surface area is 124 Å². The van der Waals surface area contributed by atoms with Crippen LogP contribution in [0.1, 0.15) is 29.6 Å². The SMILES string of the molecule is NC1CCCC1CNC(=O)c1ccc2ccccc2c1O. The van der Waals surface area contributed by atoms with Gasteiger partial charge < -0.3 is 16.2 Å². The second-order valence-corrected chi connectivity index (χ2v) is 5.75. The predicted molar refractivity (Wildman–Crippen MR) is 83.3 cm³/mol. The van der Waals surface area contributed by atoms with Crippen LogP contribution in [0, 0.1) is 5.92 Å². The third-order valence-corrected chi connectivity index (χ3v) is 4.39. The summed E-state index contributed by atoms with van der Waals surface area (Å²) in [5, 5.41) is 14.8. The Hall–Kier alpha value is -2.07. The molecule has 3 rings (SSSR count). The highest BCUT2D eigenvalue weighted by molar-refractivity contribution is 6.03. The zero-order valence-corrected chi connectivity index (χ0v) is 11.9. The maximum absolute atomic E-state index is 12.3. The van der Waals surface area contributed by atoms with Crippen molar-refractivity contribution in [3.8, 4) is 5.75 Å². The normalized spacial score (nSPS) is 21.6. The van der Waals surface area contributed by atoms with Crippen molar-refractivity contribution in [1.29, 1.82) is 0 Å². The maximum atomic E-state index is 12.3. The smallest absolute Gasteiger partial charge is 0.255 e. The van der Waals surface area contributed by atoms with E-state index in [1.54, 1.807) is 6.07 Å². The van der Waals surface area contributed by atoms with Crippen LogP contribution in [0.2, 0.25) is 0 Å². The molecule has 1 aliphatic rings. The lowest BCUT2D eigenvalue weighted by Gasteiger charge is -2.16. The fourth-order valence-electron chi connectivity index (χ4n) is 3.08. The van der Waals surface area contributed by atoms with Crippen molar-refractivity contribution in [2.24, 2.45) is 11.7 Å². The highest BCUT2D eigenvalue weighted by Crippen LogP contribution is 2.29. The second-order valence-electron chi connectivity index (χ2n) is 5.75. The summed E-state index contributed by atoms with van der Waals surface area (Å²) in [6.07, 6.45) is 3.22. The van der Waals surface area contributed by atoms with Gasteiger partial charge in [0, 0.05) is 18.0 Å². The Morgan fingerprint density at radius 1 is 1.24 bits per heavy atom. The van der Waals surface area contributed by atoms with Crippen molar-refractivity contribution < 1.29 is 9.90 Å². The average molecular weight is 284 g/mol. The molecule has 0 spiro atoms. The lowest BCUT2D eigenvalue weighted by Crippen LogP contribution is -2.36. The van der Waals surface area contributed by atoms with Crippen molar-refractivity contribution in [1.82, 2.24) is 5.32 Å². The van der Waals surface area contributed by atoms with Gasteiger partial charge in [-0.2, -0.15) is 0 Å². The Morgan fingerprint density at radius 2 is 2.05 bits per heavy atom. The maximum Gasteiger partial charge on any atom is 0.255 e. The first-order valence-corrected chi connectivity index (χ1v) is 7.41. The summed E-state index contributed by atoms with van der Waals surface area (Å²) in [4.78, 5) is 12.3. The van der Waals surface area contributed by atoms with Crippen molar-refractivity contribution in [2.75, 3.05) is 6.54 Å². The van der Waals surface area contributed by atoms with E-state index in [1.807, 2.05) is 30.3 Å². The number of fused-ring (bicyclic) bond motifs is 1. The van der Waals surface area contributed by atoms with Gasteiger partial charge in [0.25, 0.3) is 5.91 Å². The summed E-state index contributed by atoms with van der Waals surface area (Å²) in [6.45, 7) is 0.576. The predicted octanol–water partition coefficient (Wildman–Crippen LogP) is 2.40. The van der Waals surface area contributed by atoms with E-state index >= 15 is 0 Å². The largest absolute Gasteiger partial charge is 0.506 e. The minimum absolute atomic E-state index is 0.0429. The number of phenolic OH excluding ortho intramolecular Hbond substituents is 1. The van der Waals surface area contributed by atoms with Crippen LogP contribution >= 0.6 is 0 Å². The number of amides is 1. The lowest BCUT2D eigenvalue weighted by molar-refractivity contribution is 0.0944. The van der Waals surface area contributed by atoms with Crippen LogP contribution in [0.3, 0.4) is 0 Å². The molecule has 110 valence electrons. The van der Waals surface area contributed by atoms with Crippen LogP contribution in [-0.4, -0.2) is 23.6 Å².